The van der Waals surface area contributed by atoms with E-state index in [-0.39, 0.29) is 11.1 Å². The van der Waals surface area contributed by atoms with Crippen LogP contribution < -0.4 is 16.0 Å². The molecule has 0 unspecified atom stereocenters. The fourth-order valence-electron chi connectivity index (χ4n) is 3.18. The number of methoxy groups -OCH3 is 1. The van der Waals surface area contributed by atoms with Gasteiger partial charge in [-0.2, -0.15) is 0 Å². The Kier molecular flexibility index (Phi) is 6.36. The highest BCUT2D eigenvalue weighted by molar-refractivity contribution is 7.98. The molecule has 0 bridgehead atoms. The maximum Gasteiger partial charge on any atom is 0.342 e. The van der Waals surface area contributed by atoms with E-state index in [1.165, 1.54) is 24.9 Å². The van der Waals surface area contributed by atoms with Gasteiger partial charge in [0.1, 0.15) is 22.7 Å². The van der Waals surface area contributed by atoms with Gasteiger partial charge in [0.2, 0.25) is 0 Å². The van der Waals surface area contributed by atoms with E-state index in [2.05, 4.69) is 4.98 Å². The van der Waals surface area contributed by atoms with Crippen molar-refractivity contribution in [3.05, 3.63) is 75.1 Å². The summed E-state index contributed by atoms with van der Waals surface area (Å²) in [5.74, 6) is -2.38. The second-order valence-corrected chi connectivity index (χ2v) is 7.78. The Bertz CT molecular complexity index is 1220. The van der Waals surface area contributed by atoms with E-state index in [0.29, 0.717) is 17.1 Å². The highest BCUT2D eigenvalue weighted by Gasteiger charge is 2.27. The van der Waals surface area contributed by atoms with Crippen molar-refractivity contribution in [1.29, 1.82) is 0 Å². The zero-order valence-corrected chi connectivity index (χ0v) is 17.6. The number of anilines is 1. The summed E-state index contributed by atoms with van der Waals surface area (Å²) in [6.07, 6.45) is 0. The number of benzene rings is 2. The molecule has 31 heavy (non-hydrogen) atoms. The Morgan fingerprint density at radius 3 is 2.29 bits per heavy atom. The first-order valence-electron chi connectivity index (χ1n) is 9.12. The molecule has 0 spiro atoms. The molecule has 1 aromatic heterocycles. The number of aromatic carboxylic acids is 2. The third kappa shape index (κ3) is 4.56. The van der Waals surface area contributed by atoms with Gasteiger partial charge in [-0.1, -0.05) is 23.8 Å². The van der Waals surface area contributed by atoms with Gasteiger partial charge in [0.15, 0.2) is 0 Å². The largest absolute Gasteiger partial charge is 0.496 e. The summed E-state index contributed by atoms with van der Waals surface area (Å²) < 4.78 is 5.41. The van der Waals surface area contributed by atoms with Crippen LogP contribution in [0.5, 0.6) is 5.75 Å². The highest BCUT2D eigenvalue weighted by atomic mass is 32.2. The predicted octanol–water partition coefficient (Wildman–Crippen LogP) is 3.63. The Hall–Kier alpha value is -3.72. The number of ether oxygens (including phenoxy) is 1. The quantitative estimate of drug-likeness (QED) is 0.408. The van der Waals surface area contributed by atoms with E-state index in [4.69, 9.17) is 10.5 Å². The highest BCUT2D eigenvalue weighted by Crippen LogP contribution is 2.35. The molecule has 0 atom stereocenters. The molecule has 0 aliphatic carbocycles. The monoisotopic (exact) mass is 440 g/mol. The summed E-state index contributed by atoms with van der Waals surface area (Å²) >= 11 is 1.54. The maximum absolute atomic E-state index is 12.3. The van der Waals surface area contributed by atoms with Crippen LogP contribution in [0.3, 0.4) is 0 Å². The third-order valence-electron chi connectivity index (χ3n) is 4.66. The minimum Gasteiger partial charge on any atom is -0.496 e. The number of rotatable bonds is 7. The van der Waals surface area contributed by atoms with E-state index < -0.39 is 34.4 Å². The number of nitrogens with two attached hydrogens (primary N) is 1. The number of aromatic amines is 1. The Balaban J connectivity index is 2.14. The lowest BCUT2D eigenvalue weighted by molar-refractivity contribution is 0.0695. The molecule has 0 aliphatic rings. The molecule has 0 saturated heterocycles. The number of nitrogen functional groups attached to an aromatic ring is 1. The van der Waals surface area contributed by atoms with Gasteiger partial charge in [0, 0.05) is 21.8 Å². The van der Waals surface area contributed by atoms with Gasteiger partial charge in [-0.3, -0.25) is 4.79 Å². The molecule has 9 heteroatoms. The van der Waals surface area contributed by atoms with Crippen molar-refractivity contribution in [2.24, 2.45) is 0 Å². The SMILES string of the molecule is COc1ccc(-c2c(C(=O)O)c(N)[nH]c(=O)c2C(=O)O)cc1CSc1ccc(C)cc1. The van der Waals surface area contributed by atoms with Crippen LogP contribution in [0.25, 0.3) is 11.1 Å². The summed E-state index contributed by atoms with van der Waals surface area (Å²) in [6, 6.07) is 12.7. The van der Waals surface area contributed by atoms with E-state index in [0.717, 1.165) is 10.5 Å². The van der Waals surface area contributed by atoms with E-state index in [1.54, 1.807) is 12.1 Å². The number of nitrogens with one attached hydrogen (secondary N) is 1. The molecule has 3 rings (SSSR count). The first-order chi connectivity index (χ1) is 14.7. The van der Waals surface area contributed by atoms with E-state index in [1.807, 2.05) is 31.2 Å². The number of carboxylic acid groups (broad SMARTS) is 2. The van der Waals surface area contributed by atoms with Crippen molar-refractivity contribution >= 4 is 29.5 Å². The average molecular weight is 440 g/mol. The first-order valence-corrected chi connectivity index (χ1v) is 10.1. The van der Waals surface area contributed by atoms with Crippen molar-refractivity contribution in [1.82, 2.24) is 4.98 Å². The molecule has 0 aliphatic heterocycles. The third-order valence-corrected chi connectivity index (χ3v) is 5.72. The molecule has 5 N–H and O–H groups in total. The smallest absolute Gasteiger partial charge is 0.342 e. The molecule has 0 fully saturated rings. The van der Waals surface area contributed by atoms with Crippen molar-refractivity contribution < 1.29 is 24.5 Å². The number of hydrogen-bond acceptors (Lipinski definition) is 6. The lowest BCUT2D eigenvalue weighted by Gasteiger charge is -2.15. The van der Waals surface area contributed by atoms with Crippen LogP contribution in [0.2, 0.25) is 0 Å². The zero-order chi connectivity index (χ0) is 22.7. The van der Waals surface area contributed by atoms with Gasteiger partial charge in [-0.25, -0.2) is 9.59 Å². The minimum atomic E-state index is -1.55. The van der Waals surface area contributed by atoms with Gasteiger partial charge < -0.3 is 25.7 Å². The van der Waals surface area contributed by atoms with E-state index in [9.17, 15) is 24.6 Å². The number of aromatic nitrogens is 1. The van der Waals surface area contributed by atoms with Crippen LogP contribution in [0.15, 0.2) is 52.2 Å². The van der Waals surface area contributed by atoms with Gasteiger partial charge in [0.25, 0.3) is 5.56 Å². The van der Waals surface area contributed by atoms with Gasteiger partial charge in [-0.15, -0.1) is 11.8 Å². The molecular weight excluding hydrogens is 420 g/mol. The molecular formula is C22H20N2O6S. The number of carbonyl (C=O) groups is 2. The normalized spacial score (nSPS) is 10.6. The second-order valence-electron chi connectivity index (χ2n) is 6.73. The van der Waals surface area contributed by atoms with Crippen LogP contribution in [-0.2, 0) is 5.75 Å². The molecule has 0 saturated carbocycles. The lowest BCUT2D eigenvalue weighted by atomic mass is 9.94. The molecule has 0 radical (unpaired) electrons. The zero-order valence-electron chi connectivity index (χ0n) is 16.8. The van der Waals surface area contributed by atoms with Gasteiger partial charge >= 0.3 is 11.9 Å². The summed E-state index contributed by atoms with van der Waals surface area (Å²) in [4.78, 5) is 39.0. The van der Waals surface area contributed by atoms with Crippen LogP contribution in [-0.4, -0.2) is 34.2 Å². The summed E-state index contributed by atoms with van der Waals surface area (Å²) in [5, 5.41) is 19.2. The molecule has 3 aromatic rings. The average Bonchev–Trinajstić information content (AvgIpc) is 2.71. The standard InChI is InChI=1S/C22H20N2O6S/c1-11-3-6-14(7-4-11)31-10-13-9-12(5-8-15(13)30-2)16-17(21(26)27)19(23)24-20(25)18(16)22(28)29/h3-9H,10H2,1-2H3,(H,26,27)(H,28,29)(H3,23,24,25). The minimum absolute atomic E-state index is 0.243. The van der Waals surface area contributed by atoms with Crippen LogP contribution in [0.4, 0.5) is 5.82 Å². The number of H-pyrrole nitrogens is 1. The molecule has 0 amide bonds. The van der Waals surface area contributed by atoms with Crippen molar-refractivity contribution in [3.8, 4) is 16.9 Å². The topological polar surface area (TPSA) is 143 Å². The van der Waals surface area contributed by atoms with E-state index >= 15 is 0 Å². The number of thioether (sulfide) groups is 1. The molecule has 160 valence electrons. The fraction of sp³-hybridized carbons (Fsp3) is 0.136. The summed E-state index contributed by atoms with van der Waals surface area (Å²) in [5.41, 5.74) is 5.42. The predicted molar refractivity (Wildman–Crippen MR) is 118 cm³/mol. The number of pyridine rings is 1. The second kappa shape index (κ2) is 8.97. The molecule has 1 heterocycles. The molecule has 2 aromatic carbocycles. The van der Waals surface area contributed by atoms with Gasteiger partial charge in [0.05, 0.1) is 7.11 Å². The number of aryl methyl sites for hydroxylation is 1. The number of carboxylic acids is 2. The van der Waals surface area contributed by atoms with Crippen LogP contribution in [0, 0.1) is 6.92 Å². The van der Waals surface area contributed by atoms with Crippen molar-refractivity contribution in [3.63, 3.8) is 0 Å². The van der Waals surface area contributed by atoms with Gasteiger partial charge in [-0.05, 0) is 36.8 Å². The first kappa shape index (κ1) is 22.0. The Labute approximate surface area is 181 Å². The lowest BCUT2D eigenvalue weighted by Crippen LogP contribution is -2.24. The van der Waals surface area contributed by atoms with Crippen LogP contribution >= 0.6 is 11.8 Å². The fourth-order valence-corrected chi connectivity index (χ4v) is 4.05. The molecule has 8 nitrogen and oxygen atoms in total. The van der Waals surface area contributed by atoms with Crippen molar-refractivity contribution in [2.45, 2.75) is 17.6 Å². The number of hydrogen-bond donors (Lipinski definition) is 4. The van der Waals surface area contributed by atoms with Crippen LogP contribution in [0.1, 0.15) is 31.8 Å². The van der Waals surface area contributed by atoms with Crippen molar-refractivity contribution in [2.75, 3.05) is 12.8 Å². The Morgan fingerprint density at radius 2 is 1.71 bits per heavy atom. The summed E-state index contributed by atoms with van der Waals surface area (Å²) in [7, 11) is 1.51. The Morgan fingerprint density at radius 1 is 1.06 bits per heavy atom. The summed E-state index contributed by atoms with van der Waals surface area (Å²) in [6.45, 7) is 1.99. The maximum atomic E-state index is 12.3.